The van der Waals surface area contributed by atoms with Gasteiger partial charge in [-0.2, -0.15) is 30.7 Å². The first-order valence-electron chi connectivity index (χ1n) is 10.5. The maximum Gasteiger partial charge on any atom is 0.461 e. The SMILES string of the molecule is Cc1ccc(Oc2cccc(N(Cc3cccc(OC(F)(F)C(F)F)c3)CC(O)C(F)(F)F)c2)cn1. The van der Waals surface area contributed by atoms with Crippen LogP contribution in [0.2, 0.25) is 0 Å². The summed E-state index contributed by atoms with van der Waals surface area (Å²) in [5.74, 6) is 0.0424. The molecule has 2 aromatic carbocycles. The molecule has 0 saturated heterocycles. The highest BCUT2D eigenvalue weighted by atomic mass is 19.4. The van der Waals surface area contributed by atoms with E-state index in [0.29, 0.717) is 5.75 Å². The fraction of sp³-hybridized carbons (Fsp3) is 0.292. The van der Waals surface area contributed by atoms with Crippen LogP contribution in [0.15, 0.2) is 66.9 Å². The Morgan fingerprint density at radius 2 is 1.61 bits per heavy atom. The minimum absolute atomic E-state index is 0.168. The third-order valence-corrected chi connectivity index (χ3v) is 4.85. The minimum atomic E-state index is -4.93. The number of aliphatic hydroxyl groups excluding tert-OH is 1. The van der Waals surface area contributed by atoms with Crippen molar-refractivity contribution in [3.8, 4) is 17.2 Å². The second-order valence-electron chi connectivity index (χ2n) is 7.78. The number of rotatable bonds is 10. The van der Waals surface area contributed by atoms with E-state index < -0.39 is 37.1 Å². The van der Waals surface area contributed by atoms with E-state index in [0.717, 1.165) is 22.7 Å². The number of hydrogen-bond donors (Lipinski definition) is 1. The number of aromatic nitrogens is 1. The van der Waals surface area contributed by atoms with Gasteiger partial charge in [-0.1, -0.05) is 18.2 Å². The monoisotopic (exact) mass is 518 g/mol. The molecule has 0 bridgehead atoms. The van der Waals surface area contributed by atoms with Gasteiger partial charge in [-0.25, -0.2) is 0 Å². The molecule has 12 heteroatoms. The zero-order valence-corrected chi connectivity index (χ0v) is 18.7. The number of anilines is 1. The van der Waals surface area contributed by atoms with Crippen LogP contribution in [0.3, 0.4) is 0 Å². The van der Waals surface area contributed by atoms with E-state index >= 15 is 0 Å². The molecule has 0 spiro atoms. The fourth-order valence-corrected chi connectivity index (χ4v) is 3.10. The minimum Gasteiger partial charge on any atom is -0.456 e. The average molecular weight is 518 g/mol. The Labute approximate surface area is 201 Å². The van der Waals surface area contributed by atoms with Crippen molar-refractivity contribution in [1.82, 2.24) is 4.98 Å². The molecular formula is C24H21F7N2O3. The highest BCUT2D eigenvalue weighted by Gasteiger charge is 2.44. The maximum absolute atomic E-state index is 13.3. The predicted octanol–water partition coefficient (Wildman–Crippen LogP) is 6.35. The van der Waals surface area contributed by atoms with Crippen molar-refractivity contribution < 1.29 is 45.3 Å². The van der Waals surface area contributed by atoms with Crippen LogP contribution in [-0.4, -0.2) is 41.4 Å². The molecule has 1 aromatic heterocycles. The molecule has 3 rings (SSSR count). The van der Waals surface area contributed by atoms with Crippen molar-refractivity contribution in [2.75, 3.05) is 11.4 Å². The summed E-state index contributed by atoms with van der Waals surface area (Å²) in [5, 5.41) is 9.68. The van der Waals surface area contributed by atoms with Crippen LogP contribution >= 0.6 is 0 Å². The topological polar surface area (TPSA) is 54.8 Å². The highest BCUT2D eigenvalue weighted by Crippen LogP contribution is 2.31. The molecule has 36 heavy (non-hydrogen) atoms. The van der Waals surface area contributed by atoms with Crippen LogP contribution in [0.5, 0.6) is 17.2 Å². The molecule has 0 aliphatic carbocycles. The van der Waals surface area contributed by atoms with E-state index in [4.69, 9.17) is 4.74 Å². The summed E-state index contributed by atoms with van der Waals surface area (Å²) in [6, 6.07) is 14.0. The normalized spacial score (nSPS) is 12.9. The van der Waals surface area contributed by atoms with Gasteiger partial charge in [0, 0.05) is 24.0 Å². The summed E-state index contributed by atoms with van der Waals surface area (Å²) in [6.07, 6.45) is -15.0. The molecule has 3 aromatic rings. The van der Waals surface area contributed by atoms with E-state index in [1.54, 1.807) is 25.1 Å². The molecule has 0 aliphatic rings. The van der Waals surface area contributed by atoms with Crippen LogP contribution < -0.4 is 14.4 Å². The Morgan fingerprint density at radius 3 is 2.25 bits per heavy atom. The van der Waals surface area contributed by atoms with Crippen molar-refractivity contribution in [2.24, 2.45) is 0 Å². The van der Waals surface area contributed by atoms with Gasteiger partial charge in [0.15, 0.2) is 6.10 Å². The zero-order chi connectivity index (χ0) is 26.5. The van der Waals surface area contributed by atoms with Crippen LogP contribution in [0.1, 0.15) is 11.3 Å². The quantitative estimate of drug-likeness (QED) is 0.317. The average Bonchev–Trinajstić information content (AvgIpc) is 2.79. The third-order valence-electron chi connectivity index (χ3n) is 4.85. The summed E-state index contributed by atoms with van der Waals surface area (Å²) in [4.78, 5) is 5.24. The number of halogens is 7. The van der Waals surface area contributed by atoms with Crippen molar-refractivity contribution in [3.05, 3.63) is 78.1 Å². The highest BCUT2D eigenvalue weighted by molar-refractivity contribution is 5.52. The van der Waals surface area contributed by atoms with Gasteiger partial charge >= 0.3 is 18.7 Å². The van der Waals surface area contributed by atoms with Crippen molar-refractivity contribution in [2.45, 2.75) is 38.3 Å². The molecule has 0 fully saturated rings. The molecule has 1 N–H and O–H groups in total. The lowest BCUT2D eigenvalue weighted by Gasteiger charge is -2.29. The lowest BCUT2D eigenvalue weighted by molar-refractivity contribution is -0.253. The summed E-state index contributed by atoms with van der Waals surface area (Å²) >= 11 is 0. The first-order chi connectivity index (χ1) is 16.8. The first kappa shape index (κ1) is 27.1. The number of aliphatic hydroxyl groups is 1. The van der Waals surface area contributed by atoms with Gasteiger partial charge in [0.05, 0.1) is 12.7 Å². The Balaban J connectivity index is 1.87. The smallest absolute Gasteiger partial charge is 0.456 e. The standard InChI is InChI=1S/C24H21F7N2O3/c1-15-8-9-20(12-32-15)35-18-6-3-5-17(11-18)33(14-21(34)23(27,28)29)13-16-4-2-7-19(10-16)36-24(30,31)22(25)26/h2-12,21-22,34H,13-14H2,1H3. The molecule has 0 amide bonds. The second-order valence-corrected chi connectivity index (χ2v) is 7.78. The van der Waals surface area contributed by atoms with Gasteiger partial charge in [-0.05, 0) is 48.9 Å². The predicted molar refractivity (Wildman–Crippen MR) is 117 cm³/mol. The van der Waals surface area contributed by atoms with Gasteiger partial charge < -0.3 is 19.5 Å². The number of hydrogen-bond acceptors (Lipinski definition) is 5. The van der Waals surface area contributed by atoms with Crippen LogP contribution in [0, 0.1) is 6.92 Å². The maximum atomic E-state index is 13.3. The third kappa shape index (κ3) is 7.48. The number of pyridine rings is 1. The number of alkyl halides is 7. The largest absolute Gasteiger partial charge is 0.461 e. The molecule has 1 unspecified atom stereocenters. The van der Waals surface area contributed by atoms with Gasteiger partial charge in [-0.15, -0.1) is 0 Å². The van der Waals surface area contributed by atoms with Crippen LogP contribution in [-0.2, 0) is 6.54 Å². The lowest BCUT2D eigenvalue weighted by atomic mass is 10.1. The molecular weight excluding hydrogens is 497 g/mol. The molecule has 1 atom stereocenters. The summed E-state index contributed by atoms with van der Waals surface area (Å²) in [6.45, 7) is 0.570. The van der Waals surface area contributed by atoms with E-state index in [2.05, 4.69) is 9.72 Å². The lowest BCUT2D eigenvalue weighted by Crippen LogP contribution is -2.40. The molecule has 0 aliphatic heterocycles. The molecule has 5 nitrogen and oxygen atoms in total. The van der Waals surface area contributed by atoms with E-state index in [1.165, 1.54) is 36.5 Å². The Hall–Kier alpha value is -3.54. The summed E-state index contributed by atoms with van der Waals surface area (Å²) < 4.78 is 101. The number of aryl methyl sites for hydroxylation is 1. The number of nitrogens with zero attached hydrogens (tertiary/aromatic N) is 2. The summed E-state index contributed by atoms with van der Waals surface area (Å²) in [5.41, 5.74) is 1.13. The first-order valence-corrected chi connectivity index (χ1v) is 10.5. The molecule has 194 valence electrons. The van der Waals surface area contributed by atoms with Crippen LogP contribution in [0.25, 0.3) is 0 Å². The van der Waals surface area contributed by atoms with Gasteiger partial charge in [0.1, 0.15) is 17.2 Å². The second kappa shape index (κ2) is 11.0. The Kier molecular flexibility index (Phi) is 8.28. The summed E-state index contributed by atoms with van der Waals surface area (Å²) in [7, 11) is 0. The van der Waals surface area contributed by atoms with Crippen molar-refractivity contribution >= 4 is 5.69 Å². The van der Waals surface area contributed by atoms with E-state index in [-0.39, 0.29) is 23.5 Å². The number of benzene rings is 2. The Morgan fingerprint density at radius 1 is 0.917 bits per heavy atom. The van der Waals surface area contributed by atoms with Crippen molar-refractivity contribution in [3.63, 3.8) is 0 Å². The van der Waals surface area contributed by atoms with E-state index in [1.807, 2.05) is 0 Å². The van der Waals surface area contributed by atoms with Gasteiger partial charge in [0.2, 0.25) is 0 Å². The van der Waals surface area contributed by atoms with Crippen molar-refractivity contribution in [1.29, 1.82) is 0 Å². The van der Waals surface area contributed by atoms with E-state index in [9.17, 15) is 35.8 Å². The number of ether oxygens (including phenoxy) is 2. The van der Waals surface area contributed by atoms with Crippen LogP contribution in [0.4, 0.5) is 36.4 Å². The van der Waals surface area contributed by atoms with Gasteiger partial charge in [0.25, 0.3) is 0 Å². The molecule has 0 radical (unpaired) electrons. The zero-order valence-electron chi connectivity index (χ0n) is 18.7. The molecule has 1 heterocycles. The fourth-order valence-electron chi connectivity index (χ4n) is 3.10. The van der Waals surface area contributed by atoms with Gasteiger partial charge in [-0.3, -0.25) is 4.98 Å². The molecule has 0 saturated carbocycles. The Bertz CT molecular complexity index is 1140.